The van der Waals surface area contributed by atoms with Gasteiger partial charge >= 0.3 is 5.97 Å². The monoisotopic (exact) mass is 515 g/mol. The fourth-order valence-electron chi connectivity index (χ4n) is 5.49. The molecule has 0 saturated carbocycles. The number of epoxide rings is 1. The zero-order chi connectivity index (χ0) is 27.4. The number of Topliss-reactive ketones (excluding diaryl/α,β-unsaturated/α-hetero) is 1. The molecule has 7 heteroatoms. The van der Waals surface area contributed by atoms with Gasteiger partial charge in [0.25, 0.3) is 0 Å². The number of ether oxygens (including phenoxy) is 2. The molecule has 0 bridgehead atoms. The number of esters is 1. The predicted molar refractivity (Wildman–Crippen MR) is 142 cm³/mol. The topological polar surface area (TPSA) is 109 Å². The zero-order valence-electron chi connectivity index (χ0n) is 23.3. The summed E-state index contributed by atoms with van der Waals surface area (Å²) in [5.74, 6) is -1.43. The fraction of sp³-hybridized carbons (Fsp3) is 0.700. The minimum atomic E-state index is -1.23. The van der Waals surface area contributed by atoms with Crippen LogP contribution in [0.5, 0.6) is 0 Å². The highest BCUT2D eigenvalue weighted by Gasteiger charge is 2.53. The quantitative estimate of drug-likeness (QED) is 0.434. The van der Waals surface area contributed by atoms with Crippen molar-refractivity contribution in [3.63, 3.8) is 0 Å². The molecule has 7 atom stereocenters. The number of aromatic nitrogens is 1. The number of aliphatic hydroxyl groups excluding tert-OH is 2. The molecule has 1 aromatic heterocycles. The first-order valence-electron chi connectivity index (χ1n) is 13.8. The van der Waals surface area contributed by atoms with E-state index in [2.05, 4.69) is 11.9 Å². The van der Waals surface area contributed by atoms with Gasteiger partial charge in [-0.2, -0.15) is 0 Å². The molecule has 7 nitrogen and oxygen atoms in total. The third-order valence-corrected chi connectivity index (χ3v) is 8.40. The SMILES string of the molecule is CCC[C@H]1C(=O)C(C)(C)[C@@H](O)CC(=O)O[C@H](/C(C)=C/c2ccccn2)C[C@@H]2O[C@]2(C)CCC[C@@H](C)[C@H]1O. The molecule has 37 heavy (non-hydrogen) atoms. The van der Waals surface area contributed by atoms with Gasteiger partial charge in [0.1, 0.15) is 11.9 Å². The van der Waals surface area contributed by atoms with Crippen LogP contribution in [0.3, 0.4) is 0 Å². The first kappa shape index (κ1) is 29.5. The van der Waals surface area contributed by atoms with E-state index in [1.165, 1.54) is 0 Å². The Morgan fingerprint density at radius 1 is 1.22 bits per heavy atom. The molecule has 0 amide bonds. The molecular weight excluding hydrogens is 470 g/mol. The van der Waals surface area contributed by atoms with Crippen molar-refractivity contribution in [1.29, 1.82) is 0 Å². The Morgan fingerprint density at radius 2 is 1.95 bits per heavy atom. The molecule has 2 N–H and O–H groups in total. The summed E-state index contributed by atoms with van der Waals surface area (Å²) in [4.78, 5) is 31.0. The minimum absolute atomic E-state index is 0.0544. The van der Waals surface area contributed by atoms with Crippen molar-refractivity contribution in [3.8, 4) is 0 Å². The number of aliphatic hydroxyl groups is 2. The molecule has 0 unspecified atom stereocenters. The summed E-state index contributed by atoms with van der Waals surface area (Å²) in [6, 6.07) is 5.63. The maximum atomic E-state index is 13.6. The fourth-order valence-corrected chi connectivity index (χ4v) is 5.49. The number of pyridine rings is 1. The smallest absolute Gasteiger partial charge is 0.309 e. The van der Waals surface area contributed by atoms with Crippen molar-refractivity contribution in [1.82, 2.24) is 4.98 Å². The van der Waals surface area contributed by atoms with Crippen molar-refractivity contribution >= 4 is 17.8 Å². The number of hydrogen-bond donors (Lipinski definition) is 2. The van der Waals surface area contributed by atoms with E-state index < -0.39 is 35.6 Å². The third-order valence-electron chi connectivity index (χ3n) is 8.40. The Morgan fingerprint density at radius 3 is 2.59 bits per heavy atom. The summed E-state index contributed by atoms with van der Waals surface area (Å²) in [6.07, 6.45) is 4.94. The molecule has 1 aromatic rings. The van der Waals surface area contributed by atoms with Crippen LogP contribution in [0.25, 0.3) is 6.08 Å². The van der Waals surface area contributed by atoms with E-state index in [1.54, 1.807) is 20.0 Å². The second kappa shape index (κ2) is 12.2. The van der Waals surface area contributed by atoms with E-state index in [9.17, 15) is 19.8 Å². The van der Waals surface area contributed by atoms with E-state index in [-0.39, 0.29) is 29.8 Å². The molecule has 0 aliphatic carbocycles. The van der Waals surface area contributed by atoms with Crippen LogP contribution in [0.1, 0.15) is 92.2 Å². The number of nitrogens with zero attached hydrogens (tertiary/aromatic N) is 1. The maximum Gasteiger partial charge on any atom is 0.309 e. The average Bonchev–Trinajstić information content (AvgIpc) is 3.49. The second-order valence-corrected chi connectivity index (χ2v) is 11.8. The van der Waals surface area contributed by atoms with Crippen LogP contribution < -0.4 is 0 Å². The van der Waals surface area contributed by atoms with Crippen LogP contribution in [0.4, 0.5) is 0 Å². The third kappa shape index (κ3) is 7.27. The van der Waals surface area contributed by atoms with Crippen molar-refractivity contribution in [3.05, 3.63) is 35.7 Å². The van der Waals surface area contributed by atoms with E-state index in [1.807, 2.05) is 45.0 Å². The summed E-state index contributed by atoms with van der Waals surface area (Å²) in [7, 11) is 0. The van der Waals surface area contributed by atoms with Gasteiger partial charge in [0.15, 0.2) is 0 Å². The Balaban J connectivity index is 1.88. The van der Waals surface area contributed by atoms with Gasteiger partial charge in [-0.15, -0.1) is 0 Å². The molecule has 0 spiro atoms. The summed E-state index contributed by atoms with van der Waals surface area (Å²) >= 11 is 0. The average molecular weight is 516 g/mol. The Labute approximate surface area is 221 Å². The van der Waals surface area contributed by atoms with Crippen LogP contribution >= 0.6 is 0 Å². The van der Waals surface area contributed by atoms with Gasteiger partial charge in [0, 0.05) is 18.5 Å². The molecule has 0 aromatic carbocycles. The molecular formula is C30H45NO6. The molecule has 206 valence electrons. The van der Waals surface area contributed by atoms with Gasteiger partial charge in [-0.3, -0.25) is 14.6 Å². The number of carbonyl (C=O) groups is 2. The van der Waals surface area contributed by atoms with Crippen LogP contribution in [0, 0.1) is 17.3 Å². The summed E-state index contributed by atoms with van der Waals surface area (Å²) < 4.78 is 12.0. The van der Waals surface area contributed by atoms with Crippen molar-refractivity contribution in [2.24, 2.45) is 17.3 Å². The van der Waals surface area contributed by atoms with Gasteiger partial charge in [-0.25, -0.2) is 0 Å². The Kier molecular flexibility index (Phi) is 9.70. The number of cyclic esters (lactones) is 1. The van der Waals surface area contributed by atoms with Gasteiger partial charge < -0.3 is 19.7 Å². The number of carbonyl (C=O) groups excluding carboxylic acids is 2. The first-order valence-corrected chi connectivity index (χ1v) is 13.8. The van der Waals surface area contributed by atoms with Crippen LogP contribution in [-0.2, 0) is 19.1 Å². The first-order chi connectivity index (χ1) is 17.4. The molecule has 2 fully saturated rings. The molecule has 2 saturated heterocycles. The van der Waals surface area contributed by atoms with Crippen molar-refractivity contribution in [2.75, 3.05) is 0 Å². The highest BCUT2D eigenvalue weighted by atomic mass is 16.6. The van der Waals surface area contributed by atoms with E-state index in [0.29, 0.717) is 12.8 Å². The molecule has 0 radical (unpaired) electrons. The van der Waals surface area contributed by atoms with E-state index in [0.717, 1.165) is 37.0 Å². The largest absolute Gasteiger partial charge is 0.458 e. The highest BCUT2D eigenvalue weighted by Crippen LogP contribution is 2.45. The Hall–Kier alpha value is -2.09. The van der Waals surface area contributed by atoms with Gasteiger partial charge in [0.2, 0.25) is 0 Å². The molecule has 3 heterocycles. The minimum Gasteiger partial charge on any atom is -0.458 e. The standard InChI is InChI=1S/C30H45NO6/c1-7-11-22-27(34)19(2)12-10-14-30(6)25(37-30)17-23(20(3)16-21-13-8-9-15-31-21)36-26(33)18-24(32)29(4,5)28(22)35/h8-9,13,15-16,19,22-25,27,32,34H,7,10-12,14,17-18H2,1-6H3/b20-16+/t19-,22-,23+,24+,25+,27-,30-/m1/s1. The van der Waals surface area contributed by atoms with Crippen LogP contribution in [0.2, 0.25) is 0 Å². The maximum absolute atomic E-state index is 13.6. The number of rotatable bonds is 4. The molecule has 2 aliphatic heterocycles. The summed E-state index contributed by atoms with van der Waals surface area (Å²) in [5.41, 5.74) is 0.0977. The van der Waals surface area contributed by atoms with Crippen molar-refractivity contribution < 1.29 is 29.3 Å². The predicted octanol–water partition coefficient (Wildman–Crippen LogP) is 4.89. The van der Waals surface area contributed by atoms with Crippen LogP contribution in [0.15, 0.2) is 30.0 Å². The summed E-state index contributed by atoms with van der Waals surface area (Å²) in [6.45, 7) is 11.3. The lowest BCUT2D eigenvalue weighted by Gasteiger charge is -2.36. The lowest BCUT2D eigenvalue weighted by molar-refractivity contribution is -0.154. The normalized spacial score (nSPS) is 35.9. The second-order valence-electron chi connectivity index (χ2n) is 11.8. The van der Waals surface area contributed by atoms with E-state index >= 15 is 0 Å². The zero-order valence-corrected chi connectivity index (χ0v) is 23.3. The lowest BCUT2D eigenvalue weighted by atomic mass is 9.71. The highest BCUT2D eigenvalue weighted by molar-refractivity contribution is 5.88. The Bertz CT molecular complexity index is 960. The molecule has 3 rings (SSSR count). The van der Waals surface area contributed by atoms with Crippen LogP contribution in [-0.4, -0.2) is 57.0 Å². The number of ketones is 1. The lowest BCUT2D eigenvalue weighted by Crippen LogP contribution is -2.46. The number of fused-ring (bicyclic) bond motifs is 1. The van der Waals surface area contributed by atoms with Crippen molar-refractivity contribution in [2.45, 2.75) is 117 Å². The number of hydrogen-bond acceptors (Lipinski definition) is 7. The van der Waals surface area contributed by atoms with Gasteiger partial charge in [-0.05, 0) is 62.8 Å². The van der Waals surface area contributed by atoms with Gasteiger partial charge in [-0.1, -0.05) is 46.6 Å². The van der Waals surface area contributed by atoms with E-state index in [4.69, 9.17) is 9.47 Å². The summed E-state index contributed by atoms with van der Waals surface area (Å²) in [5, 5.41) is 22.2. The molecule has 2 aliphatic rings. The van der Waals surface area contributed by atoms with Gasteiger partial charge in [0.05, 0.1) is 41.4 Å².